The van der Waals surface area contributed by atoms with Crippen LogP contribution in [0.3, 0.4) is 0 Å². The zero-order chi connectivity index (χ0) is 17.6. The van der Waals surface area contributed by atoms with Gasteiger partial charge in [-0.1, -0.05) is 23.9 Å². The van der Waals surface area contributed by atoms with Gasteiger partial charge in [0.05, 0.1) is 19.9 Å². The van der Waals surface area contributed by atoms with Crippen LogP contribution in [0.5, 0.6) is 11.5 Å². The highest BCUT2D eigenvalue weighted by Gasteiger charge is 2.10. The third-order valence-electron chi connectivity index (χ3n) is 3.62. The number of hydrogen-bond donors (Lipinski definition) is 0. The van der Waals surface area contributed by atoms with Crippen molar-refractivity contribution in [2.45, 2.75) is 10.8 Å². The molecule has 2 aromatic carbocycles. The second-order valence-corrected chi connectivity index (χ2v) is 6.23. The molecule has 0 amide bonds. The Balaban J connectivity index is 1.72. The van der Waals surface area contributed by atoms with Crippen LogP contribution in [0.2, 0.25) is 0 Å². The van der Waals surface area contributed by atoms with E-state index < -0.39 is 0 Å². The van der Waals surface area contributed by atoms with Crippen molar-refractivity contribution < 1.29 is 13.9 Å². The average molecular weight is 356 g/mol. The number of halogens is 1. The van der Waals surface area contributed by atoms with E-state index in [1.807, 2.05) is 30.3 Å². The molecule has 0 unspecified atom stereocenters. The summed E-state index contributed by atoms with van der Waals surface area (Å²) < 4.78 is 23.5. The number of benzene rings is 2. The molecule has 3 rings (SSSR count). The van der Waals surface area contributed by atoms with E-state index in [9.17, 15) is 4.39 Å². The number of aromatic nitrogens is 2. The first-order valence-electron chi connectivity index (χ1n) is 7.63. The maximum Gasteiger partial charge on any atom is 0.132 e. The summed E-state index contributed by atoms with van der Waals surface area (Å²) in [5.41, 5.74) is 2.62. The summed E-state index contributed by atoms with van der Waals surface area (Å²) in [5.74, 6) is 1.88. The van der Waals surface area contributed by atoms with Gasteiger partial charge in [-0.15, -0.1) is 10.2 Å². The fourth-order valence-electron chi connectivity index (χ4n) is 2.29. The summed E-state index contributed by atoms with van der Waals surface area (Å²) >= 11 is 1.55. The first-order valence-corrected chi connectivity index (χ1v) is 8.61. The van der Waals surface area contributed by atoms with Gasteiger partial charge in [0.2, 0.25) is 0 Å². The lowest BCUT2D eigenvalue weighted by atomic mass is 10.1. The fraction of sp³-hybridized carbons (Fsp3) is 0.158. The molecule has 0 bridgehead atoms. The number of nitrogens with zero attached hydrogens (tertiary/aromatic N) is 2. The molecule has 3 aromatic rings. The van der Waals surface area contributed by atoms with Crippen molar-refractivity contribution in [1.29, 1.82) is 0 Å². The Morgan fingerprint density at radius 3 is 2.36 bits per heavy atom. The molecule has 0 spiro atoms. The number of hydrogen-bond acceptors (Lipinski definition) is 5. The van der Waals surface area contributed by atoms with Crippen molar-refractivity contribution >= 4 is 11.8 Å². The Hall–Kier alpha value is -2.60. The Kier molecular flexibility index (Phi) is 5.50. The lowest BCUT2D eigenvalue weighted by Gasteiger charge is -2.09. The highest BCUT2D eigenvalue weighted by molar-refractivity contribution is 7.98. The van der Waals surface area contributed by atoms with Gasteiger partial charge in [-0.2, -0.15) is 0 Å². The zero-order valence-electron chi connectivity index (χ0n) is 13.9. The third-order valence-corrected chi connectivity index (χ3v) is 4.62. The predicted molar refractivity (Wildman–Crippen MR) is 96.5 cm³/mol. The second kappa shape index (κ2) is 7.98. The zero-order valence-corrected chi connectivity index (χ0v) is 14.7. The molecule has 128 valence electrons. The van der Waals surface area contributed by atoms with E-state index in [1.165, 1.54) is 12.1 Å². The molecule has 6 heteroatoms. The van der Waals surface area contributed by atoms with Gasteiger partial charge in [0, 0.05) is 17.4 Å². The Bertz CT molecular complexity index is 839. The summed E-state index contributed by atoms with van der Waals surface area (Å²) in [7, 11) is 3.22. The molecule has 1 heterocycles. The molecule has 0 saturated carbocycles. The van der Waals surface area contributed by atoms with Crippen molar-refractivity contribution in [1.82, 2.24) is 10.2 Å². The molecule has 0 aliphatic rings. The maximum absolute atomic E-state index is 12.9. The van der Waals surface area contributed by atoms with Crippen molar-refractivity contribution in [2.75, 3.05) is 14.2 Å². The van der Waals surface area contributed by atoms with Gasteiger partial charge >= 0.3 is 0 Å². The van der Waals surface area contributed by atoms with Gasteiger partial charge in [0.1, 0.15) is 22.3 Å². The van der Waals surface area contributed by atoms with Crippen molar-refractivity contribution in [3.8, 4) is 22.8 Å². The smallest absolute Gasteiger partial charge is 0.132 e. The fourth-order valence-corrected chi connectivity index (χ4v) is 3.06. The minimum absolute atomic E-state index is 0.230. The Morgan fingerprint density at radius 1 is 0.920 bits per heavy atom. The lowest BCUT2D eigenvalue weighted by molar-refractivity contribution is 0.395. The van der Waals surface area contributed by atoms with Crippen LogP contribution in [0, 0.1) is 5.82 Å². The number of rotatable bonds is 6. The summed E-state index contributed by atoms with van der Waals surface area (Å²) in [6.45, 7) is 0. The van der Waals surface area contributed by atoms with Gasteiger partial charge in [-0.25, -0.2) is 4.39 Å². The normalized spacial score (nSPS) is 10.5. The van der Waals surface area contributed by atoms with Crippen LogP contribution in [0.15, 0.2) is 59.6 Å². The number of methoxy groups -OCH3 is 2. The molecule has 4 nitrogen and oxygen atoms in total. The van der Waals surface area contributed by atoms with E-state index in [0.717, 1.165) is 27.6 Å². The van der Waals surface area contributed by atoms with Crippen LogP contribution in [0.1, 0.15) is 5.56 Å². The number of ether oxygens (including phenoxy) is 2. The quantitative estimate of drug-likeness (QED) is 0.604. The molecule has 1 aromatic heterocycles. The molecule has 0 aliphatic heterocycles. The van der Waals surface area contributed by atoms with E-state index >= 15 is 0 Å². The monoisotopic (exact) mass is 356 g/mol. The molecule has 0 atom stereocenters. The maximum atomic E-state index is 12.9. The van der Waals surface area contributed by atoms with Crippen molar-refractivity contribution in [2.24, 2.45) is 0 Å². The first kappa shape index (κ1) is 17.2. The van der Waals surface area contributed by atoms with Crippen LogP contribution >= 0.6 is 11.8 Å². The molecule has 0 aliphatic carbocycles. The van der Waals surface area contributed by atoms with Gasteiger partial charge < -0.3 is 9.47 Å². The standard InChI is InChI=1S/C19H17FN2O2S/c1-23-15-7-8-16(18(11-15)24-2)17-9-10-19(22-21-17)25-12-13-3-5-14(20)6-4-13/h3-11H,12H2,1-2H3. The highest BCUT2D eigenvalue weighted by atomic mass is 32.2. The lowest BCUT2D eigenvalue weighted by Crippen LogP contribution is -1.94. The van der Waals surface area contributed by atoms with Gasteiger partial charge in [0.15, 0.2) is 0 Å². The summed E-state index contributed by atoms with van der Waals surface area (Å²) in [5, 5.41) is 9.35. The summed E-state index contributed by atoms with van der Waals surface area (Å²) in [6.07, 6.45) is 0. The topological polar surface area (TPSA) is 44.2 Å². The number of thioether (sulfide) groups is 1. The third kappa shape index (κ3) is 4.28. The highest BCUT2D eigenvalue weighted by Crippen LogP contribution is 2.32. The van der Waals surface area contributed by atoms with Crippen LogP contribution in [0.25, 0.3) is 11.3 Å². The molecule has 0 radical (unpaired) electrons. The molecule has 0 saturated heterocycles. The summed E-state index contributed by atoms with van der Waals surface area (Å²) in [6, 6.07) is 15.8. The van der Waals surface area contributed by atoms with Crippen LogP contribution in [-0.4, -0.2) is 24.4 Å². The van der Waals surface area contributed by atoms with Gasteiger partial charge in [-0.3, -0.25) is 0 Å². The van der Waals surface area contributed by atoms with Crippen LogP contribution < -0.4 is 9.47 Å². The Morgan fingerprint density at radius 2 is 1.72 bits per heavy atom. The SMILES string of the molecule is COc1ccc(-c2ccc(SCc3ccc(F)cc3)nn2)c(OC)c1. The molecule has 0 fully saturated rings. The second-order valence-electron chi connectivity index (χ2n) is 5.24. The van der Waals surface area contributed by atoms with E-state index in [0.29, 0.717) is 11.5 Å². The first-order chi connectivity index (χ1) is 12.2. The predicted octanol–water partition coefficient (Wildman–Crippen LogP) is 4.59. The molecule has 0 N–H and O–H groups in total. The minimum atomic E-state index is -0.230. The van der Waals surface area contributed by atoms with E-state index in [1.54, 1.807) is 38.1 Å². The van der Waals surface area contributed by atoms with Crippen molar-refractivity contribution in [3.63, 3.8) is 0 Å². The van der Waals surface area contributed by atoms with Crippen LogP contribution in [-0.2, 0) is 5.75 Å². The van der Waals surface area contributed by atoms with Crippen LogP contribution in [0.4, 0.5) is 4.39 Å². The molecular formula is C19H17FN2O2S. The average Bonchev–Trinajstić information content (AvgIpc) is 2.67. The van der Waals surface area contributed by atoms with Crippen molar-refractivity contribution in [3.05, 3.63) is 66.0 Å². The van der Waals surface area contributed by atoms with Gasteiger partial charge in [-0.05, 0) is 42.0 Å². The summed E-state index contributed by atoms with van der Waals surface area (Å²) in [4.78, 5) is 0. The van der Waals surface area contributed by atoms with Gasteiger partial charge in [0.25, 0.3) is 0 Å². The largest absolute Gasteiger partial charge is 0.497 e. The Labute approximate surface area is 150 Å². The minimum Gasteiger partial charge on any atom is -0.497 e. The van der Waals surface area contributed by atoms with E-state index in [-0.39, 0.29) is 5.82 Å². The molecule has 25 heavy (non-hydrogen) atoms. The molecular weight excluding hydrogens is 339 g/mol. The van der Waals surface area contributed by atoms with E-state index in [4.69, 9.17) is 9.47 Å². The van der Waals surface area contributed by atoms with E-state index in [2.05, 4.69) is 10.2 Å².